The van der Waals surface area contributed by atoms with Crippen molar-refractivity contribution in [2.45, 2.75) is 43.0 Å². The van der Waals surface area contributed by atoms with E-state index in [-0.39, 0.29) is 22.4 Å². The molecular formula is C20H23FN2O3S. The quantitative estimate of drug-likeness (QED) is 0.763. The van der Waals surface area contributed by atoms with E-state index >= 15 is 0 Å². The lowest BCUT2D eigenvalue weighted by Crippen LogP contribution is -2.32. The summed E-state index contributed by atoms with van der Waals surface area (Å²) >= 11 is 0. The number of amides is 1. The Morgan fingerprint density at radius 2 is 1.78 bits per heavy atom. The van der Waals surface area contributed by atoms with E-state index < -0.39 is 15.8 Å². The van der Waals surface area contributed by atoms with Gasteiger partial charge in [0, 0.05) is 18.2 Å². The average molecular weight is 390 g/mol. The Hall–Kier alpha value is -2.25. The number of rotatable bonds is 7. The monoisotopic (exact) mass is 390 g/mol. The third kappa shape index (κ3) is 5.37. The Morgan fingerprint density at radius 1 is 1.07 bits per heavy atom. The summed E-state index contributed by atoms with van der Waals surface area (Å²) in [5.74, 6) is -0.792. The molecule has 3 rings (SSSR count). The minimum absolute atomic E-state index is 0.0349. The van der Waals surface area contributed by atoms with E-state index in [2.05, 4.69) is 10.0 Å². The lowest BCUT2D eigenvalue weighted by atomic mass is 10.1. The van der Waals surface area contributed by atoms with Crippen LogP contribution >= 0.6 is 0 Å². The van der Waals surface area contributed by atoms with Gasteiger partial charge in [-0.05, 0) is 55.2 Å². The van der Waals surface area contributed by atoms with Crippen molar-refractivity contribution in [3.63, 3.8) is 0 Å². The van der Waals surface area contributed by atoms with E-state index in [4.69, 9.17) is 0 Å². The summed E-state index contributed by atoms with van der Waals surface area (Å²) in [6.07, 6.45) is 4.46. The van der Waals surface area contributed by atoms with E-state index in [0.29, 0.717) is 13.0 Å². The summed E-state index contributed by atoms with van der Waals surface area (Å²) in [5, 5.41) is 2.73. The summed E-state index contributed by atoms with van der Waals surface area (Å²) in [5.41, 5.74) is 1.18. The Bertz CT molecular complexity index is 892. The highest BCUT2D eigenvalue weighted by atomic mass is 32.2. The van der Waals surface area contributed by atoms with Gasteiger partial charge in [0.15, 0.2) is 0 Å². The average Bonchev–Trinajstić information content (AvgIpc) is 3.14. The first-order valence-corrected chi connectivity index (χ1v) is 10.6. The van der Waals surface area contributed by atoms with Crippen LogP contribution in [0.25, 0.3) is 0 Å². The molecule has 0 atom stereocenters. The Balaban J connectivity index is 1.52. The smallest absolute Gasteiger partial charge is 0.251 e. The SMILES string of the molecule is O=C(NCCc1ccc(S(=O)(=O)NC2CCCC2)cc1)c1cccc(F)c1. The number of nitrogens with one attached hydrogen (secondary N) is 2. The molecule has 0 aromatic heterocycles. The molecule has 2 N–H and O–H groups in total. The number of carbonyl (C=O) groups excluding carboxylic acids is 1. The Kier molecular flexibility index (Phi) is 6.23. The molecule has 5 nitrogen and oxygen atoms in total. The van der Waals surface area contributed by atoms with E-state index in [1.807, 2.05) is 0 Å². The molecule has 0 spiro atoms. The highest BCUT2D eigenvalue weighted by Gasteiger charge is 2.22. The maximum Gasteiger partial charge on any atom is 0.251 e. The zero-order valence-corrected chi connectivity index (χ0v) is 15.8. The third-order valence-electron chi connectivity index (χ3n) is 4.70. The second-order valence-electron chi connectivity index (χ2n) is 6.76. The van der Waals surface area contributed by atoms with E-state index in [0.717, 1.165) is 31.2 Å². The van der Waals surface area contributed by atoms with Crippen molar-refractivity contribution in [1.82, 2.24) is 10.0 Å². The molecule has 0 unspecified atom stereocenters. The van der Waals surface area contributed by atoms with Crippen LogP contribution in [0.1, 0.15) is 41.6 Å². The molecule has 1 amide bonds. The Morgan fingerprint density at radius 3 is 2.44 bits per heavy atom. The largest absolute Gasteiger partial charge is 0.352 e. The van der Waals surface area contributed by atoms with Crippen LogP contribution in [0.15, 0.2) is 53.4 Å². The van der Waals surface area contributed by atoms with Crippen LogP contribution in [0, 0.1) is 5.82 Å². The van der Waals surface area contributed by atoms with Gasteiger partial charge in [-0.1, -0.05) is 31.0 Å². The minimum Gasteiger partial charge on any atom is -0.352 e. The van der Waals surface area contributed by atoms with Crippen LogP contribution in [0.4, 0.5) is 4.39 Å². The van der Waals surface area contributed by atoms with Gasteiger partial charge in [0.05, 0.1) is 4.90 Å². The van der Waals surface area contributed by atoms with Gasteiger partial charge in [0.1, 0.15) is 5.82 Å². The van der Waals surface area contributed by atoms with Crippen LogP contribution in [0.3, 0.4) is 0 Å². The molecule has 1 aliphatic carbocycles. The molecule has 0 bridgehead atoms. The van der Waals surface area contributed by atoms with Gasteiger partial charge in [0.2, 0.25) is 10.0 Å². The minimum atomic E-state index is -3.49. The third-order valence-corrected chi connectivity index (χ3v) is 6.23. The van der Waals surface area contributed by atoms with Crippen LogP contribution in [-0.2, 0) is 16.4 Å². The summed E-state index contributed by atoms with van der Waals surface area (Å²) in [6.45, 7) is 0.377. The normalized spacial score (nSPS) is 15.0. The first-order chi connectivity index (χ1) is 12.9. The van der Waals surface area contributed by atoms with E-state index in [9.17, 15) is 17.6 Å². The van der Waals surface area contributed by atoms with Gasteiger partial charge in [-0.3, -0.25) is 4.79 Å². The van der Waals surface area contributed by atoms with Crippen molar-refractivity contribution in [2.24, 2.45) is 0 Å². The predicted octanol–water partition coefficient (Wildman–Crippen LogP) is 3.02. The van der Waals surface area contributed by atoms with Gasteiger partial charge >= 0.3 is 0 Å². The lowest BCUT2D eigenvalue weighted by molar-refractivity contribution is 0.0953. The molecule has 0 radical (unpaired) electrons. The molecule has 2 aromatic carbocycles. The maximum atomic E-state index is 13.1. The number of hydrogen-bond donors (Lipinski definition) is 2. The van der Waals surface area contributed by atoms with Crippen LogP contribution in [0.2, 0.25) is 0 Å². The number of hydrogen-bond acceptors (Lipinski definition) is 3. The zero-order valence-electron chi connectivity index (χ0n) is 14.9. The second-order valence-corrected chi connectivity index (χ2v) is 8.48. The highest BCUT2D eigenvalue weighted by molar-refractivity contribution is 7.89. The molecule has 1 aliphatic rings. The van der Waals surface area contributed by atoms with Gasteiger partial charge in [-0.2, -0.15) is 0 Å². The molecule has 0 heterocycles. The van der Waals surface area contributed by atoms with Gasteiger partial charge in [0.25, 0.3) is 5.91 Å². The first-order valence-electron chi connectivity index (χ1n) is 9.09. The van der Waals surface area contributed by atoms with Gasteiger partial charge in [-0.15, -0.1) is 0 Å². The standard InChI is InChI=1S/C20H23FN2O3S/c21-17-5-3-4-16(14-17)20(24)22-13-12-15-8-10-19(11-9-15)27(25,26)23-18-6-1-2-7-18/h3-5,8-11,14,18,23H,1-2,6-7,12-13H2,(H,22,24). The second kappa shape index (κ2) is 8.63. The summed E-state index contributed by atoms with van der Waals surface area (Å²) in [6, 6.07) is 12.2. The molecule has 1 saturated carbocycles. The molecule has 144 valence electrons. The molecule has 27 heavy (non-hydrogen) atoms. The number of benzene rings is 2. The van der Waals surface area contributed by atoms with Crippen LogP contribution < -0.4 is 10.0 Å². The molecule has 7 heteroatoms. The van der Waals surface area contributed by atoms with Crippen molar-refractivity contribution in [2.75, 3.05) is 6.54 Å². The molecular weight excluding hydrogens is 367 g/mol. The molecule has 2 aromatic rings. The van der Waals surface area contributed by atoms with E-state index in [1.165, 1.54) is 18.2 Å². The van der Waals surface area contributed by atoms with Crippen molar-refractivity contribution in [3.05, 3.63) is 65.5 Å². The fraction of sp³-hybridized carbons (Fsp3) is 0.350. The number of sulfonamides is 1. The summed E-state index contributed by atoms with van der Waals surface area (Å²) < 4.78 is 40.7. The van der Waals surface area contributed by atoms with Crippen molar-refractivity contribution in [3.8, 4) is 0 Å². The number of halogens is 1. The lowest BCUT2D eigenvalue weighted by Gasteiger charge is -2.13. The summed E-state index contributed by atoms with van der Waals surface area (Å²) in [4.78, 5) is 12.2. The maximum absolute atomic E-state index is 13.1. The molecule has 0 aliphatic heterocycles. The number of carbonyl (C=O) groups is 1. The van der Waals surface area contributed by atoms with Crippen molar-refractivity contribution >= 4 is 15.9 Å². The fourth-order valence-corrected chi connectivity index (χ4v) is 4.52. The Labute approximate surface area is 159 Å². The fourth-order valence-electron chi connectivity index (χ4n) is 3.22. The van der Waals surface area contributed by atoms with E-state index in [1.54, 1.807) is 30.3 Å². The highest BCUT2D eigenvalue weighted by Crippen LogP contribution is 2.20. The van der Waals surface area contributed by atoms with Crippen molar-refractivity contribution in [1.29, 1.82) is 0 Å². The molecule has 0 saturated heterocycles. The predicted molar refractivity (Wildman–Crippen MR) is 101 cm³/mol. The van der Waals surface area contributed by atoms with Gasteiger partial charge in [-0.25, -0.2) is 17.5 Å². The zero-order chi connectivity index (χ0) is 19.3. The van der Waals surface area contributed by atoms with Crippen molar-refractivity contribution < 1.29 is 17.6 Å². The first kappa shape index (κ1) is 19.5. The topological polar surface area (TPSA) is 75.3 Å². The summed E-state index contributed by atoms with van der Waals surface area (Å²) in [7, 11) is -3.49. The van der Waals surface area contributed by atoms with Crippen LogP contribution in [-0.4, -0.2) is 26.9 Å². The van der Waals surface area contributed by atoms with Gasteiger partial charge < -0.3 is 5.32 Å². The van der Waals surface area contributed by atoms with Crippen LogP contribution in [0.5, 0.6) is 0 Å². The molecule has 1 fully saturated rings.